The average molecular weight is 310 g/mol. The Morgan fingerprint density at radius 2 is 1.70 bits per heavy atom. The van der Waals surface area contributed by atoms with Crippen LogP contribution in [0.5, 0.6) is 0 Å². The van der Waals surface area contributed by atoms with E-state index < -0.39 is 11.6 Å². The van der Waals surface area contributed by atoms with Gasteiger partial charge in [0.2, 0.25) is 0 Å². The summed E-state index contributed by atoms with van der Waals surface area (Å²) in [5.41, 5.74) is 1.60. The fourth-order valence-corrected chi connectivity index (χ4v) is 2.86. The van der Waals surface area contributed by atoms with E-state index in [9.17, 15) is 8.78 Å². The summed E-state index contributed by atoms with van der Waals surface area (Å²) < 4.78 is 30.3. The van der Waals surface area contributed by atoms with Crippen LogP contribution in [0.25, 0.3) is 5.69 Å². The van der Waals surface area contributed by atoms with E-state index in [-0.39, 0.29) is 12.1 Å². The zero-order chi connectivity index (χ0) is 16.0. The van der Waals surface area contributed by atoms with Crippen molar-refractivity contribution in [3.05, 3.63) is 76.9 Å². The summed E-state index contributed by atoms with van der Waals surface area (Å²) in [6, 6.07) is 11.2. The molecule has 4 rings (SSSR count). The maximum atomic E-state index is 14.2. The smallest absolute Gasteiger partial charge is 0.159 e. The summed E-state index contributed by atoms with van der Waals surface area (Å²) in [7, 11) is 0. The van der Waals surface area contributed by atoms with Crippen LogP contribution in [0.15, 0.2) is 47.5 Å². The highest BCUT2D eigenvalue weighted by Gasteiger charge is 2.24. The number of halogens is 2. The maximum absolute atomic E-state index is 14.2. The number of para-hydroxylation sites is 1. The van der Waals surface area contributed by atoms with E-state index in [4.69, 9.17) is 0 Å². The molecule has 0 amide bonds. The lowest BCUT2D eigenvalue weighted by molar-refractivity contribution is 0.579. The van der Waals surface area contributed by atoms with Gasteiger partial charge in [-0.3, -0.25) is 9.56 Å². The number of nitrogens with zero attached hydrogens (tertiary/aromatic N) is 4. The second-order valence-corrected chi connectivity index (χ2v) is 5.28. The van der Waals surface area contributed by atoms with Gasteiger partial charge in [-0.05, 0) is 25.1 Å². The number of aliphatic imine (C=N–C) groups is 1. The van der Waals surface area contributed by atoms with Crippen LogP contribution in [0, 0.1) is 18.6 Å². The summed E-state index contributed by atoms with van der Waals surface area (Å²) in [4.78, 5) is 4.42. The van der Waals surface area contributed by atoms with Gasteiger partial charge in [0.05, 0.1) is 17.0 Å². The highest BCUT2D eigenvalue weighted by Crippen LogP contribution is 2.27. The Kier molecular flexibility index (Phi) is 3.04. The van der Waals surface area contributed by atoms with E-state index in [0.717, 1.165) is 5.69 Å². The van der Waals surface area contributed by atoms with Crippen molar-refractivity contribution in [2.45, 2.75) is 13.5 Å². The Labute approximate surface area is 131 Å². The van der Waals surface area contributed by atoms with E-state index in [0.29, 0.717) is 22.9 Å². The number of fused-ring (bicyclic) bond motifs is 3. The van der Waals surface area contributed by atoms with Crippen molar-refractivity contribution < 1.29 is 8.78 Å². The standard InChI is InChI=1S/C17H12F2N4/c1-10-21-22-15-9-20-17(16-12(18)6-4-7-13(16)19)11-5-2-3-8-14(11)23(10)15/h2-8H,9H2,1H3. The van der Waals surface area contributed by atoms with E-state index in [1.807, 2.05) is 29.7 Å². The molecule has 1 aliphatic rings. The SMILES string of the molecule is Cc1nnc2n1-c1ccccc1C(c1c(F)cccc1F)=NC2. The molecule has 4 nitrogen and oxygen atoms in total. The summed E-state index contributed by atoms with van der Waals surface area (Å²) >= 11 is 0. The molecule has 2 aromatic carbocycles. The first-order valence-corrected chi connectivity index (χ1v) is 7.16. The molecule has 0 N–H and O–H groups in total. The van der Waals surface area contributed by atoms with Gasteiger partial charge in [0.25, 0.3) is 0 Å². The molecule has 0 saturated heterocycles. The Balaban J connectivity index is 2.03. The third-order valence-electron chi connectivity index (χ3n) is 3.87. The van der Waals surface area contributed by atoms with E-state index >= 15 is 0 Å². The number of aryl methyl sites for hydroxylation is 1. The van der Waals surface area contributed by atoms with Crippen molar-refractivity contribution in [1.82, 2.24) is 14.8 Å². The molecule has 0 radical (unpaired) electrons. The highest BCUT2D eigenvalue weighted by molar-refractivity contribution is 6.15. The van der Waals surface area contributed by atoms with Gasteiger partial charge in [0.1, 0.15) is 24.0 Å². The van der Waals surface area contributed by atoms with Crippen molar-refractivity contribution in [3.8, 4) is 5.69 Å². The van der Waals surface area contributed by atoms with Gasteiger partial charge in [-0.25, -0.2) is 8.78 Å². The topological polar surface area (TPSA) is 43.1 Å². The Hall–Kier alpha value is -2.89. The second-order valence-electron chi connectivity index (χ2n) is 5.28. The molecule has 0 fully saturated rings. The molecule has 0 spiro atoms. The normalized spacial score (nSPS) is 13.1. The van der Waals surface area contributed by atoms with E-state index in [2.05, 4.69) is 15.2 Å². The second kappa shape index (κ2) is 5.08. The number of rotatable bonds is 1. The van der Waals surface area contributed by atoms with E-state index in [1.165, 1.54) is 18.2 Å². The molecule has 23 heavy (non-hydrogen) atoms. The monoisotopic (exact) mass is 310 g/mol. The Bertz CT molecular complexity index is 923. The summed E-state index contributed by atoms with van der Waals surface area (Å²) in [5, 5.41) is 8.17. The maximum Gasteiger partial charge on any atom is 0.159 e. The molecule has 2 heterocycles. The summed E-state index contributed by atoms with van der Waals surface area (Å²) in [6.45, 7) is 2.04. The van der Waals surface area contributed by atoms with Gasteiger partial charge in [-0.1, -0.05) is 24.3 Å². The van der Waals surface area contributed by atoms with Crippen LogP contribution in [0.2, 0.25) is 0 Å². The van der Waals surface area contributed by atoms with Gasteiger partial charge in [0.15, 0.2) is 5.82 Å². The quantitative estimate of drug-likeness (QED) is 0.693. The van der Waals surface area contributed by atoms with Crippen LogP contribution in [0.4, 0.5) is 8.78 Å². The van der Waals surface area contributed by atoms with Gasteiger partial charge in [-0.15, -0.1) is 10.2 Å². The molecule has 1 aliphatic heterocycles. The number of hydrogen-bond donors (Lipinski definition) is 0. The molecule has 114 valence electrons. The molecular weight excluding hydrogens is 298 g/mol. The van der Waals surface area contributed by atoms with E-state index in [1.54, 1.807) is 6.07 Å². The Morgan fingerprint density at radius 3 is 2.48 bits per heavy atom. The van der Waals surface area contributed by atoms with Crippen molar-refractivity contribution >= 4 is 5.71 Å². The predicted molar refractivity (Wildman–Crippen MR) is 81.8 cm³/mol. The number of hydrogen-bond acceptors (Lipinski definition) is 3. The van der Waals surface area contributed by atoms with Gasteiger partial charge < -0.3 is 0 Å². The first-order chi connectivity index (χ1) is 11.2. The van der Waals surface area contributed by atoms with Gasteiger partial charge in [-0.2, -0.15) is 0 Å². The minimum Gasteiger partial charge on any atom is -0.281 e. The van der Waals surface area contributed by atoms with Crippen LogP contribution in [-0.4, -0.2) is 20.5 Å². The minimum atomic E-state index is -0.632. The first kappa shape index (κ1) is 13.8. The van der Waals surface area contributed by atoms with Crippen LogP contribution in [-0.2, 0) is 6.54 Å². The summed E-state index contributed by atoms with van der Waals surface area (Å²) in [6.07, 6.45) is 0. The zero-order valence-corrected chi connectivity index (χ0v) is 12.3. The van der Waals surface area contributed by atoms with Crippen molar-refractivity contribution in [1.29, 1.82) is 0 Å². The average Bonchev–Trinajstić information content (AvgIpc) is 2.82. The molecule has 0 saturated carbocycles. The van der Waals surface area contributed by atoms with Crippen molar-refractivity contribution in [2.75, 3.05) is 0 Å². The van der Waals surface area contributed by atoms with Crippen molar-refractivity contribution in [3.63, 3.8) is 0 Å². The molecule has 1 aromatic heterocycles. The lowest BCUT2D eigenvalue weighted by Crippen LogP contribution is -2.11. The highest BCUT2D eigenvalue weighted by atomic mass is 19.1. The lowest BCUT2D eigenvalue weighted by atomic mass is 9.99. The minimum absolute atomic E-state index is 0.115. The molecule has 0 unspecified atom stereocenters. The lowest BCUT2D eigenvalue weighted by Gasteiger charge is -2.13. The molecule has 3 aromatic rings. The first-order valence-electron chi connectivity index (χ1n) is 7.16. The Morgan fingerprint density at radius 1 is 0.957 bits per heavy atom. The fraction of sp³-hybridized carbons (Fsp3) is 0.118. The molecule has 0 aliphatic carbocycles. The van der Waals surface area contributed by atoms with Crippen LogP contribution in [0.3, 0.4) is 0 Å². The molecule has 0 bridgehead atoms. The largest absolute Gasteiger partial charge is 0.281 e. The van der Waals surface area contributed by atoms with Crippen LogP contribution >= 0.6 is 0 Å². The van der Waals surface area contributed by atoms with Crippen LogP contribution < -0.4 is 0 Å². The fourth-order valence-electron chi connectivity index (χ4n) is 2.86. The zero-order valence-electron chi connectivity index (χ0n) is 12.3. The number of aromatic nitrogens is 3. The molecule has 0 atom stereocenters. The van der Waals surface area contributed by atoms with Gasteiger partial charge in [0, 0.05) is 5.56 Å². The molecule has 6 heteroatoms. The number of benzene rings is 2. The third kappa shape index (κ3) is 2.06. The third-order valence-corrected chi connectivity index (χ3v) is 3.87. The molecular formula is C17H12F2N4. The predicted octanol–water partition coefficient (Wildman–Crippen LogP) is 3.20. The van der Waals surface area contributed by atoms with Gasteiger partial charge >= 0.3 is 0 Å². The van der Waals surface area contributed by atoms with Crippen LogP contribution in [0.1, 0.15) is 22.8 Å². The summed E-state index contributed by atoms with van der Waals surface area (Å²) in [5.74, 6) is 0.0838. The van der Waals surface area contributed by atoms with Crippen molar-refractivity contribution in [2.24, 2.45) is 4.99 Å².